The molecule has 0 amide bonds. The minimum absolute atomic E-state index is 0.253. The van der Waals surface area contributed by atoms with E-state index >= 15 is 0 Å². The van der Waals surface area contributed by atoms with Crippen LogP contribution >= 0.6 is 0 Å². The molecule has 5 heteroatoms. The van der Waals surface area contributed by atoms with E-state index in [2.05, 4.69) is 4.74 Å². The van der Waals surface area contributed by atoms with Gasteiger partial charge in [-0.1, -0.05) is 0 Å². The Morgan fingerprint density at radius 3 is 2.50 bits per heavy atom. The van der Waals surface area contributed by atoms with Crippen molar-refractivity contribution in [3.05, 3.63) is 0 Å². The summed E-state index contributed by atoms with van der Waals surface area (Å²) >= 11 is 0. The van der Waals surface area contributed by atoms with E-state index in [0.717, 1.165) is 0 Å². The summed E-state index contributed by atoms with van der Waals surface area (Å²) in [5.74, 6) is -0.891. The fourth-order valence-corrected chi connectivity index (χ4v) is 0.701. The zero-order valence-electron chi connectivity index (χ0n) is 5.10. The smallest absolute Gasteiger partial charge is 0.337 e. The van der Waals surface area contributed by atoms with E-state index in [4.69, 9.17) is 15.3 Å². The summed E-state index contributed by atoms with van der Waals surface area (Å²) in [5.41, 5.74) is 0. The molecule has 3 N–H and O–H groups in total. The number of rotatable bonds is 0. The number of carbonyl (C=O) groups is 1. The van der Waals surface area contributed by atoms with E-state index < -0.39 is 24.3 Å². The van der Waals surface area contributed by atoms with Gasteiger partial charge in [0.2, 0.25) is 0 Å². The molecule has 0 aromatic carbocycles. The Hall–Kier alpha value is -0.650. The first-order chi connectivity index (χ1) is 4.63. The average Bonchev–Trinajstić information content (AvgIpc) is 1.93. The van der Waals surface area contributed by atoms with Gasteiger partial charge in [-0.05, 0) is 0 Å². The van der Waals surface area contributed by atoms with Crippen LogP contribution in [0.25, 0.3) is 0 Å². The highest BCUT2D eigenvalue weighted by Crippen LogP contribution is 2.08. The molecule has 3 atom stereocenters. The molecular weight excluding hydrogens is 140 g/mol. The second-order valence-corrected chi connectivity index (χ2v) is 2.13. The molecule has 5 nitrogen and oxygen atoms in total. The van der Waals surface area contributed by atoms with Crippen LogP contribution in [-0.2, 0) is 9.53 Å². The zero-order valence-corrected chi connectivity index (χ0v) is 5.10. The lowest BCUT2D eigenvalue weighted by atomic mass is 10.1. The fourth-order valence-electron chi connectivity index (χ4n) is 0.701. The number of carbonyl (C=O) groups excluding carboxylic acids is 1. The molecular formula is C5H8O5. The molecule has 1 saturated heterocycles. The molecule has 0 aliphatic carbocycles. The monoisotopic (exact) mass is 148 g/mol. The molecule has 1 rings (SSSR count). The van der Waals surface area contributed by atoms with Crippen molar-refractivity contribution in [3.63, 3.8) is 0 Å². The predicted molar refractivity (Wildman–Crippen MR) is 29.0 cm³/mol. The standard InChI is InChI=1S/C5H8O5/c6-2-1-10-5(9)4(8)3(2)7/h2-4,6-8H,1H2/t2-,3+,4-/m1/s1. The molecule has 0 aromatic rings. The maximum atomic E-state index is 10.4. The van der Waals surface area contributed by atoms with Crippen LogP contribution in [0.15, 0.2) is 0 Å². The minimum atomic E-state index is -1.61. The van der Waals surface area contributed by atoms with E-state index in [-0.39, 0.29) is 6.61 Å². The van der Waals surface area contributed by atoms with Gasteiger partial charge in [0.1, 0.15) is 18.8 Å². The Bertz CT molecular complexity index is 145. The van der Waals surface area contributed by atoms with Gasteiger partial charge in [0.05, 0.1) is 0 Å². The first-order valence-electron chi connectivity index (χ1n) is 2.84. The van der Waals surface area contributed by atoms with Gasteiger partial charge in [-0.15, -0.1) is 0 Å². The maximum Gasteiger partial charge on any atom is 0.337 e. The van der Waals surface area contributed by atoms with Crippen LogP contribution in [0.5, 0.6) is 0 Å². The van der Waals surface area contributed by atoms with Crippen molar-refractivity contribution >= 4 is 5.97 Å². The van der Waals surface area contributed by atoms with Gasteiger partial charge < -0.3 is 20.1 Å². The first kappa shape index (κ1) is 7.46. The second kappa shape index (κ2) is 2.53. The van der Waals surface area contributed by atoms with Gasteiger partial charge >= 0.3 is 5.97 Å². The van der Waals surface area contributed by atoms with Crippen LogP contribution in [0, 0.1) is 0 Å². The van der Waals surface area contributed by atoms with E-state index in [9.17, 15) is 4.79 Å². The Labute approximate surface area is 56.9 Å². The lowest BCUT2D eigenvalue weighted by molar-refractivity contribution is -0.185. The Balaban J connectivity index is 2.60. The van der Waals surface area contributed by atoms with Crippen molar-refractivity contribution in [1.29, 1.82) is 0 Å². The van der Waals surface area contributed by atoms with E-state index in [1.165, 1.54) is 0 Å². The van der Waals surface area contributed by atoms with Gasteiger partial charge in [-0.25, -0.2) is 4.79 Å². The van der Waals surface area contributed by atoms with Gasteiger partial charge in [0.25, 0.3) is 0 Å². The number of cyclic esters (lactones) is 1. The van der Waals surface area contributed by atoms with E-state index in [1.54, 1.807) is 0 Å². The second-order valence-electron chi connectivity index (χ2n) is 2.13. The Kier molecular flexibility index (Phi) is 1.89. The van der Waals surface area contributed by atoms with Crippen LogP contribution in [0.1, 0.15) is 0 Å². The van der Waals surface area contributed by atoms with Crippen molar-refractivity contribution in [1.82, 2.24) is 0 Å². The van der Waals surface area contributed by atoms with Gasteiger partial charge in [0, 0.05) is 0 Å². The third-order valence-corrected chi connectivity index (χ3v) is 1.36. The summed E-state index contributed by atoms with van der Waals surface area (Å²) in [6.07, 6.45) is -4.20. The number of hydrogen-bond donors (Lipinski definition) is 3. The molecule has 0 spiro atoms. The fraction of sp³-hybridized carbons (Fsp3) is 0.800. The van der Waals surface area contributed by atoms with Gasteiger partial charge in [0.15, 0.2) is 6.10 Å². The number of hydrogen-bond acceptors (Lipinski definition) is 5. The van der Waals surface area contributed by atoms with Crippen LogP contribution in [0.3, 0.4) is 0 Å². The van der Waals surface area contributed by atoms with Crippen molar-refractivity contribution in [2.45, 2.75) is 18.3 Å². The number of ether oxygens (including phenoxy) is 1. The largest absolute Gasteiger partial charge is 0.461 e. The average molecular weight is 148 g/mol. The van der Waals surface area contributed by atoms with Crippen molar-refractivity contribution < 1.29 is 24.9 Å². The molecule has 1 aliphatic heterocycles. The molecule has 1 heterocycles. The summed E-state index contributed by atoms with van der Waals surface area (Å²) < 4.78 is 4.27. The molecule has 0 radical (unpaired) electrons. The van der Waals surface area contributed by atoms with Crippen LogP contribution in [-0.4, -0.2) is 46.2 Å². The molecule has 58 valence electrons. The predicted octanol–water partition coefficient (Wildman–Crippen LogP) is -2.37. The first-order valence-corrected chi connectivity index (χ1v) is 2.84. The minimum Gasteiger partial charge on any atom is -0.461 e. The molecule has 0 saturated carbocycles. The summed E-state index contributed by atoms with van der Waals surface area (Å²) in [4.78, 5) is 10.4. The number of aliphatic hydroxyl groups is 3. The van der Waals surface area contributed by atoms with Crippen molar-refractivity contribution in [2.75, 3.05) is 6.61 Å². The molecule has 0 unspecified atom stereocenters. The molecule has 0 bridgehead atoms. The number of aliphatic hydroxyl groups excluding tert-OH is 3. The lowest BCUT2D eigenvalue weighted by Crippen LogP contribution is -2.50. The van der Waals surface area contributed by atoms with Gasteiger partial charge in [-0.2, -0.15) is 0 Å². The number of esters is 1. The highest BCUT2D eigenvalue weighted by atomic mass is 16.6. The molecule has 1 fully saturated rings. The van der Waals surface area contributed by atoms with E-state index in [0.29, 0.717) is 0 Å². The lowest BCUT2D eigenvalue weighted by Gasteiger charge is -2.26. The maximum absolute atomic E-state index is 10.4. The normalized spacial score (nSPS) is 41.1. The van der Waals surface area contributed by atoms with Crippen LogP contribution < -0.4 is 0 Å². The SMILES string of the molecule is O=C1OC[C@@H](O)[C@H](O)[C@H]1O. The van der Waals surface area contributed by atoms with Crippen molar-refractivity contribution in [2.24, 2.45) is 0 Å². The zero-order chi connectivity index (χ0) is 7.72. The van der Waals surface area contributed by atoms with Gasteiger partial charge in [-0.3, -0.25) is 0 Å². The third-order valence-electron chi connectivity index (χ3n) is 1.36. The molecule has 10 heavy (non-hydrogen) atoms. The highest BCUT2D eigenvalue weighted by molar-refractivity contribution is 5.76. The topological polar surface area (TPSA) is 87.0 Å². The molecule has 1 aliphatic rings. The highest BCUT2D eigenvalue weighted by Gasteiger charge is 2.36. The summed E-state index contributed by atoms with van der Waals surface area (Å²) in [6, 6.07) is 0. The third kappa shape index (κ3) is 1.11. The summed E-state index contributed by atoms with van der Waals surface area (Å²) in [6.45, 7) is -0.253. The van der Waals surface area contributed by atoms with Crippen LogP contribution in [0.4, 0.5) is 0 Å². The Morgan fingerprint density at radius 1 is 1.40 bits per heavy atom. The van der Waals surface area contributed by atoms with Crippen LogP contribution in [0.2, 0.25) is 0 Å². The Morgan fingerprint density at radius 2 is 2.00 bits per heavy atom. The quantitative estimate of drug-likeness (QED) is 0.334. The summed E-state index contributed by atoms with van der Waals surface area (Å²) in [7, 11) is 0. The summed E-state index contributed by atoms with van der Waals surface area (Å²) in [5, 5.41) is 26.3. The molecule has 0 aromatic heterocycles. The van der Waals surface area contributed by atoms with E-state index in [1.807, 2.05) is 0 Å². The van der Waals surface area contributed by atoms with Crippen molar-refractivity contribution in [3.8, 4) is 0 Å².